The average molecular weight is 345 g/mol. The number of anilines is 1. The Bertz CT molecular complexity index is 807. The monoisotopic (exact) mass is 345 g/mol. The Morgan fingerprint density at radius 2 is 1.50 bits per heavy atom. The second-order valence-corrected chi connectivity index (χ2v) is 6.27. The number of hydrogen-bond donors (Lipinski definition) is 2. The van der Waals surface area contributed by atoms with Crippen LogP contribution in [0.1, 0.15) is 30.0 Å². The van der Waals surface area contributed by atoms with E-state index in [4.69, 9.17) is 0 Å². The largest absolute Gasteiger partial charge is 0.309 e. The molecule has 0 spiro atoms. The molecule has 2 N–H and O–H groups in total. The van der Waals surface area contributed by atoms with Crippen LogP contribution in [-0.4, -0.2) is 17.4 Å². The minimum absolute atomic E-state index is 0.116. The number of hydrogen-bond acceptors (Lipinski definition) is 3. The van der Waals surface area contributed by atoms with E-state index in [1.165, 1.54) is 5.56 Å². The SMILES string of the molecule is CC(CN[C@H](C(=O)Nc1ccccn1)c1ccccc1)c1ccccc1. The molecule has 0 saturated heterocycles. The third-order valence-electron chi connectivity index (χ3n) is 4.31. The number of nitrogens with zero attached hydrogens (tertiary/aromatic N) is 1. The minimum Gasteiger partial charge on any atom is -0.309 e. The third-order valence-corrected chi connectivity index (χ3v) is 4.31. The molecule has 0 aliphatic carbocycles. The first-order valence-electron chi connectivity index (χ1n) is 8.79. The van der Waals surface area contributed by atoms with Crippen LogP contribution in [0.4, 0.5) is 5.82 Å². The predicted octanol–water partition coefficient (Wildman–Crippen LogP) is 4.15. The van der Waals surface area contributed by atoms with Crippen LogP contribution in [0.2, 0.25) is 0 Å². The normalized spacial score (nSPS) is 13.0. The van der Waals surface area contributed by atoms with Gasteiger partial charge in [-0.3, -0.25) is 4.79 Å². The molecule has 1 unspecified atom stereocenters. The molecule has 2 atom stereocenters. The topological polar surface area (TPSA) is 54.0 Å². The number of pyridine rings is 1. The third kappa shape index (κ3) is 4.77. The first kappa shape index (κ1) is 17.8. The molecule has 0 fully saturated rings. The molecule has 3 rings (SSSR count). The van der Waals surface area contributed by atoms with Crippen molar-refractivity contribution >= 4 is 11.7 Å². The van der Waals surface area contributed by atoms with E-state index in [2.05, 4.69) is 34.7 Å². The molecule has 4 heteroatoms. The predicted molar refractivity (Wildman–Crippen MR) is 105 cm³/mol. The van der Waals surface area contributed by atoms with Gasteiger partial charge in [0.15, 0.2) is 0 Å². The first-order valence-corrected chi connectivity index (χ1v) is 8.79. The number of amides is 1. The molecule has 0 aliphatic heterocycles. The van der Waals surface area contributed by atoms with Crippen LogP contribution < -0.4 is 10.6 Å². The molecular weight excluding hydrogens is 322 g/mol. The molecule has 2 aromatic carbocycles. The Labute approximate surface area is 154 Å². The second kappa shape index (κ2) is 8.92. The van der Waals surface area contributed by atoms with Crippen molar-refractivity contribution < 1.29 is 4.79 Å². The smallest absolute Gasteiger partial charge is 0.247 e. The summed E-state index contributed by atoms with van der Waals surface area (Å²) in [5.74, 6) is 0.733. The first-order chi connectivity index (χ1) is 12.7. The standard InChI is InChI=1S/C22H23N3O/c1-17(18-10-4-2-5-11-18)16-24-21(19-12-6-3-7-13-19)22(26)25-20-14-8-9-15-23-20/h2-15,17,21,24H,16H2,1H3,(H,23,25,26)/t17?,21-/m0/s1. The van der Waals surface area contributed by atoms with Gasteiger partial charge in [0.25, 0.3) is 0 Å². The number of benzene rings is 2. The maximum absolute atomic E-state index is 12.8. The number of rotatable bonds is 7. The van der Waals surface area contributed by atoms with Crippen LogP contribution in [0, 0.1) is 0 Å². The van der Waals surface area contributed by atoms with Gasteiger partial charge in [-0.25, -0.2) is 4.98 Å². The summed E-state index contributed by atoms with van der Waals surface area (Å²) in [6.45, 7) is 2.85. The van der Waals surface area contributed by atoms with Crippen LogP contribution in [0.15, 0.2) is 85.1 Å². The van der Waals surface area contributed by atoms with Gasteiger partial charge in [0.1, 0.15) is 11.9 Å². The molecule has 4 nitrogen and oxygen atoms in total. The van der Waals surface area contributed by atoms with Gasteiger partial charge in [-0.2, -0.15) is 0 Å². The van der Waals surface area contributed by atoms with Crippen LogP contribution in [0.3, 0.4) is 0 Å². The molecule has 0 radical (unpaired) electrons. The van der Waals surface area contributed by atoms with Gasteiger partial charge in [0.05, 0.1) is 0 Å². The van der Waals surface area contributed by atoms with E-state index in [-0.39, 0.29) is 5.91 Å². The molecular formula is C22H23N3O. The quantitative estimate of drug-likeness (QED) is 0.676. The van der Waals surface area contributed by atoms with Gasteiger partial charge in [0.2, 0.25) is 5.91 Å². The van der Waals surface area contributed by atoms with Crippen molar-refractivity contribution in [2.75, 3.05) is 11.9 Å². The fourth-order valence-electron chi connectivity index (χ4n) is 2.84. The number of nitrogens with one attached hydrogen (secondary N) is 2. The van der Waals surface area contributed by atoms with E-state index in [0.717, 1.165) is 5.56 Å². The molecule has 132 valence electrons. The molecule has 1 aromatic heterocycles. The summed E-state index contributed by atoms with van der Waals surface area (Å²) in [6, 6.07) is 25.1. The summed E-state index contributed by atoms with van der Waals surface area (Å²) in [4.78, 5) is 17.0. The van der Waals surface area contributed by atoms with Crippen molar-refractivity contribution in [3.05, 3.63) is 96.2 Å². The Morgan fingerprint density at radius 3 is 2.12 bits per heavy atom. The highest BCUT2D eigenvalue weighted by atomic mass is 16.2. The number of carbonyl (C=O) groups is 1. The highest BCUT2D eigenvalue weighted by molar-refractivity contribution is 5.94. The van der Waals surface area contributed by atoms with Crippen molar-refractivity contribution in [3.8, 4) is 0 Å². The summed E-state index contributed by atoms with van der Waals surface area (Å²) in [7, 11) is 0. The average Bonchev–Trinajstić information content (AvgIpc) is 2.70. The van der Waals surface area contributed by atoms with Crippen LogP contribution >= 0.6 is 0 Å². The summed E-state index contributed by atoms with van der Waals surface area (Å²) < 4.78 is 0. The highest BCUT2D eigenvalue weighted by Gasteiger charge is 2.21. The Balaban J connectivity index is 1.72. The molecule has 1 amide bonds. The van der Waals surface area contributed by atoms with Crippen molar-refractivity contribution in [1.82, 2.24) is 10.3 Å². The van der Waals surface area contributed by atoms with E-state index in [0.29, 0.717) is 18.3 Å². The lowest BCUT2D eigenvalue weighted by atomic mass is 10.00. The van der Waals surface area contributed by atoms with Crippen LogP contribution in [0.25, 0.3) is 0 Å². The highest BCUT2D eigenvalue weighted by Crippen LogP contribution is 2.18. The number of aromatic nitrogens is 1. The van der Waals surface area contributed by atoms with Crippen molar-refractivity contribution in [3.63, 3.8) is 0 Å². The molecule has 1 heterocycles. The molecule has 3 aromatic rings. The van der Waals surface area contributed by atoms with Crippen molar-refractivity contribution in [1.29, 1.82) is 0 Å². The summed E-state index contributed by atoms with van der Waals surface area (Å²) in [5.41, 5.74) is 2.18. The fourth-order valence-corrected chi connectivity index (χ4v) is 2.84. The molecule has 0 aliphatic rings. The Morgan fingerprint density at radius 1 is 0.885 bits per heavy atom. The molecule has 0 bridgehead atoms. The second-order valence-electron chi connectivity index (χ2n) is 6.27. The summed E-state index contributed by atoms with van der Waals surface area (Å²) >= 11 is 0. The van der Waals surface area contributed by atoms with E-state index in [9.17, 15) is 4.79 Å². The Hall–Kier alpha value is -2.98. The number of carbonyl (C=O) groups excluding carboxylic acids is 1. The van der Waals surface area contributed by atoms with Gasteiger partial charge in [-0.15, -0.1) is 0 Å². The van der Waals surface area contributed by atoms with Crippen LogP contribution in [0.5, 0.6) is 0 Å². The van der Waals surface area contributed by atoms with Gasteiger partial charge in [-0.1, -0.05) is 73.7 Å². The van der Waals surface area contributed by atoms with Crippen molar-refractivity contribution in [2.24, 2.45) is 0 Å². The van der Waals surface area contributed by atoms with Gasteiger partial charge in [-0.05, 0) is 29.2 Å². The maximum atomic E-state index is 12.8. The zero-order valence-corrected chi connectivity index (χ0v) is 14.8. The van der Waals surface area contributed by atoms with Crippen LogP contribution in [-0.2, 0) is 4.79 Å². The van der Waals surface area contributed by atoms with E-state index in [1.54, 1.807) is 12.3 Å². The molecule has 26 heavy (non-hydrogen) atoms. The maximum Gasteiger partial charge on any atom is 0.247 e. The van der Waals surface area contributed by atoms with Gasteiger partial charge < -0.3 is 10.6 Å². The summed E-state index contributed by atoms with van der Waals surface area (Å²) in [6.07, 6.45) is 1.66. The minimum atomic E-state index is -0.440. The van der Waals surface area contributed by atoms with Gasteiger partial charge in [0, 0.05) is 12.7 Å². The lowest BCUT2D eigenvalue weighted by molar-refractivity contribution is -0.118. The van der Waals surface area contributed by atoms with Gasteiger partial charge >= 0.3 is 0 Å². The van der Waals surface area contributed by atoms with E-state index >= 15 is 0 Å². The lowest BCUT2D eigenvalue weighted by Gasteiger charge is -2.21. The Kier molecular flexibility index (Phi) is 6.12. The van der Waals surface area contributed by atoms with E-state index in [1.807, 2.05) is 60.7 Å². The lowest BCUT2D eigenvalue weighted by Crippen LogP contribution is -2.35. The molecule has 0 saturated carbocycles. The summed E-state index contributed by atoms with van der Waals surface area (Å²) in [5, 5.41) is 6.31. The fraction of sp³-hybridized carbons (Fsp3) is 0.182. The van der Waals surface area contributed by atoms with E-state index < -0.39 is 6.04 Å². The zero-order chi connectivity index (χ0) is 18.2. The van der Waals surface area contributed by atoms with Crippen molar-refractivity contribution in [2.45, 2.75) is 18.9 Å². The zero-order valence-electron chi connectivity index (χ0n) is 14.8.